The Balaban J connectivity index is 1.70. The second kappa shape index (κ2) is 8.16. The molecule has 5 heteroatoms. The van der Waals surface area contributed by atoms with Gasteiger partial charge in [0.15, 0.2) is 0 Å². The predicted octanol–water partition coefficient (Wildman–Crippen LogP) is 4.11. The summed E-state index contributed by atoms with van der Waals surface area (Å²) in [5, 5.41) is 3.27. The number of carbonyl (C=O) groups is 1. The van der Waals surface area contributed by atoms with E-state index >= 15 is 0 Å². The first-order chi connectivity index (χ1) is 12.7. The Kier molecular flexibility index (Phi) is 5.49. The second-order valence-corrected chi connectivity index (χ2v) is 5.93. The van der Waals surface area contributed by atoms with E-state index in [1.807, 2.05) is 60.7 Å². The Bertz CT molecular complexity index is 864. The number of aromatic nitrogens is 1. The molecule has 0 unspecified atom stereocenters. The number of pyridine rings is 1. The van der Waals surface area contributed by atoms with Crippen molar-refractivity contribution in [3.05, 3.63) is 84.2 Å². The monoisotopic (exact) mass is 347 g/mol. The van der Waals surface area contributed by atoms with Crippen molar-refractivity contribution in [3.8, 4) is 5.75 Å². The lowest BCUT2D eigenvalue weighted by Crippen LogP contribution is -2.27. The number of rotatable bonds is 6. The van der Waals surface area contributed by atoms with Crippen LogP contribution in [0.15, 0.2) is 72.9 Å². The van der Waals surface area contributed by atoms with Crippen LogP contribution in [0.1, 0.15) is 16.1 Å². The molecule has 0 bridgehead atoms. The highest BCUT2D eigenvalue weighted by Crippen LogP contribution is 2.20. The number of hydrogen-bond acceptors (Lipinski definition) is 4. The molecular weight excluding hydrogens is 326 g/mol. The fourth-order valence-electron chi connectivity index (χ4n) is 2.59. The maximum Gasteiger partial charge on any atom is 0.272 e. The lowest BCUT2D eigenvalue weighted by atomic mass is 10.2. The number of benzene rings is 2. The summed E-state index contributed by atoms with van der Waals surface area (Å²) in [4.78, 5) is 18.5. The summed E-state index contributed by atoms with van der Waals surface area (Å²) in [7, 11) is 3.41. The molecule has 132 valence electrons. The molecule has 0 aliphatic carbocycles. The van der Waals surface area contributed by atoms with Crippen molar-refractivity contribution < 1.29 is 9.53 Å². The molecule has 2 aromatic carbocycles. The molecule has 1 heterocycles. The van der Waals surface area contributed by atoms with Crippen LogP contribution in [0.5, 0.6) is 5.75 Å². The van der Waals surface area contributed by atoms with E-state index in [0.29, 0.717) is 12.2 Å². The van der Waals surface area contributed by atoms with Gasteiger partial charge in [-0.1, -0.05) is 30.3 Å². The number of nitrogens with one attached hydrogen (secondary N) is 1. The first kappa shape index (κ1) is 17.5. The van der Waals surface area contributed by atoms with E-state index in [4.69, 9.17) is 4.74 Å². The Labute approximate surface area is 153 Å². The number of methoxy groups -OCH3 is 1. The lowest BCUT2D eigenvalue weighted by Gasteiger charge is -2.17. The first-order valence-electron chi connectivity index (χ1n) is 8.32. The third kappa shape index (κ3) is 4.39. The van der Waals surface area contributed by atoms with Crippen molar-refractivity contribution in [2.45, 2.75) is 6.54 Å². The summed E-state index contributed by atoms with van der Waals surface area (Å²) in [6.45, 7) is 0.539. The van der Waals surface area contributed by atoms with Gasteiger partial charge in [-0.2, -0.15) is 0 Å². The third-order valence-electron chi connectivity index (χ3n) is 3.97. The van der Waals surface area contributed by atoms with Crippen molar-refractivity contribution in [1.29, 1.82) is 0 Å². The molecule has 0 saturated carbocycles. The van der Waals surface area contributed by atoms with E-state index in [1.54, 1.807) is 31.3 Å². The Morgan fingerprint density at radius 3 is 2.46 bits per heavy atom. The van der Waals surface area contributed by atoms with Crippen LogP contribution in [0.25, 0.3) is 0 Å². The van der Waals surface area contributed by atoms with Crippen molar-refractivity contribution >= 4 is 17.3 Å². The van der Waals surface area contributed by atoms with Gasteiger partial charge in [0.25, 0.3) is 5.91 Å². The van der Waals surface area contributed by atoms with E-state index in [1.165, 1.54) is 0 Å². The quantitative estimate of drug-likeness (QED) is 0.729. The molecule has 5 nitrogen and oxygen atoms in total. The number of amides is 1. The molecule has 3 aromatic rings. The van der Waals surface area contributed by atoms with Gasteiger partial charge < -0.3 is 15.0 Å². The smallest absolute Gasteiger partial charge is 0.272 e. The van der Waals surface area contributed by atoms with Crippen LogP contribution >= 0.6 is 0 Å². The number of ether oxygens (including phenoxy) is 1. The second-order valence-electron chi connectivity index (χ2n) is 5.93. The maximum atomic E-state index is 12.7. The van der Waals surface area contributed by atoms with Crippen molar-refractivity contribution in [1.82, 2.24) is 9.88 Å². The molecule has 3 rings (SSSR count). The Hall–Kier alpha value is -3.34. The van der Waals surface area contributed by atoms with E-state index in [2.05, 4.69) is 10.3 Å². The number of anilines is 2. The van der Waals surface area contributed by atoms with E-state index in [-0.39, 0.29) is 5.91 Å². The predicted molar refractivity (Wildman–Crippen MR) is 103 cm³/mol. The minimum Gasteiger partial charge on any atom is -0.497 e. The number of nitrogens with zero attached hydrogens (tertiary/aromatic N) is 2. The molecule has 0 saturated heterocycles. The van der Waals surface area contributed by atoms with Crippen LogP contribution in [0.4, 0.5) is 11.4 Å². The maximum absolute atomic E-state index is 12.7. The average Bonchev–Trinajstić information content (AvgIpc) is 2.69. The summed E-state index contributed by atoms with van der Waals surface area (Å²) in [5.74, 6) is 0.677. The van der Waals surface area contributed by atoms with Gasteiger partial charge in [0.1, 0.15) is 11.4 Å². The number of hydrogen-bond donors (Lipinski definition) is 1. The molecule has 0 radical (unpaired) electrons. The van der Waals surface area contributed by atoms with Crippen molar-refractivity contribution in [2.24, 2.45) is 0 Å². The van der Waals surface area contributed by atoms with Gasteiger partial charge in [-0.25, -0.2) is 0 Å². The SMILES string of the molecule is COc1ccc(Nc2ccnc(C(=O)N(C)Cc3ccccc3)c2)cc1. The van der Waals surface area contributed by atoms with E-state index in [0.717, 1.165) is 22.7 Å². The third-order valence-corrected chi connectivity index (χ3v) is 3.97. The van der Waals surface area contributed by atoms with Crippen LogP contribution in [0.3, 0.4) is 0 Å². The summed E-state index contributed by atoms with van der Waals surface area (Å²) in [6, 6.07) is 21.1. The molecular formula is C21H21N3O2. The zero-order chi connectivity index (χ0) is 18.4. The van der Waals surface area contributed by atoms with E-state index < -0.39 is 0 Å². The van der Waals surface area contributed by atoms with Crippen LogP contribution < -0.4 is 10.1 Å². The van der Waals surface area contributed by atoms with Gasteiger partial charge in [-0.3, -0.25) is 9.78 Å². The van der Waals surface area contributed by atoms with Gasteiger partial charge >= 0.3 is 0 Å². The molecule has 0 fully saturated rings. The van der Waals surface area contributed by atoms with Gasteiger partial charge in [0.05, 0.1) is 7.11 Å². The standard InChI is InChI=1S/C21H21N3O2/c1-24(15-16-6-4-3-5-7-16)21(25)20-14-18(12-13-22-20)23-17-8-10-19(26-2)11-9-17/h3-14H,15H2,1-2H3,(H,22,23). The van der Waals surface area contributed by atoms with Gasteiger partial charge in [0, 0.05) is 31.2 Å². The average molecular weight is 347 g/mol. The van der Waals surface area contributed by atoms with Crippen LogP contribution in [0, 0.1) is 0 Å². The molecule has 1 aromatic heterocycles. The first-order valence-corrected chi connectivity index (χ1v) is 8.32. The molecule has 0 aliphatic heterocycles. The minimum atomic E-state index is -0.118. The van der Waals surface area contributed by atoms with Gasteiger partial charge in [0.2, 0.25) is 0 Å². The Morgan fingerprint density at radius 2 is 1.77 bits per heavy atom. The fourth-order valence-corrected chi connectivity index (χ4v) is 2.59. The summed E-state index contributed by atoms with van der Waals surface area (Å²) >= 11 is 0. The zero-order valence-corrected chi connectivity index (χ0v) is 14.8. The zero-order valence-electron chi connectivity index (χ0n) is 14.8. The summed E-state index contributed by atoms with van der Waals surface area (Å²) in [5.41, 5.74) is 3.20. The molecule has 1 amide bonds. The van der Waals surface area contributed by atoms with Crippen molar-refractivity contribution in [2.75, 3.05) is 19.5 Å². The number of carbonyl (C=O) groups excluding carboxylic acids is 1. The molecule has 0 spiro atoms. The summed E-state index contributed by atoms with van der Waals surface area (Å²) in [6.07, 6.45) is 1.63. The Morgan fingerprint density at radius 1 is 1.04 bits per heavy atom. The highest BCUT2D eigenvalue weighted by molar-refractivity contribution is 5.93. The minimum absolute atomic E-state index is 0.118. The van der Waals surface area contributed by atoms with Gasteiger partial charge in [-0.05, 0) is 42.0 Å². The molecule has 26 heavy (non-hydrogen) atoms. The van der Waals surface area contributed by atoms with E-state index in [9.17, 15) is 4.79 Å². The largest absolute Gasteiger partial charge is 0.497 e. The highest BCUT2D eigenvalue weighted by Gasteiger charge is 2.14. The summed E-state index contributed by atoms with van der Waals surface area (Å²) < 4.78 is 5.16. The van der Waals surface area contributed by atoms with Crippen LogP contribution in [-0.2, 0) is 6.54 Å². The highest BCUT2D eigenvalue weighted by atomic mass is 16.5. The van der Waals surface area contributed by atoms with Crippen LogP contribution in [-0.4, -0.2) is 29.9 Å². The van der Waals surface area contributed by atoms with Crippen LogP contribution in [0.2, 0.25) is 0 Å². The normalized spacial score (nSPS) is 10.2. The lowest BCUT2D eigenvalue weighted by molar-refractivity contribution is 0.0779. The molecule has 0 atom stereocenters. The topological polar surface area (TPSA) is 54.5 Å². The van der Waals surface area contributed by atoms with Crippen molar-refractivity contribution in [3.63, 3.8) is 0 Å². The molecule has 1 N–H and O–H groups in total. The van der Waals surface area contributed by atoms with Gasteiger partial charge in [-0.15, -0.1) is 0 Å². The molecule has 0 aliphatic rings. The fraction of sp³-hybridized carbons (Fsp3) is 0.143.